The van der Waals surface area contributed by atoms with E-state index in [2.05, 4.69) is 25.7 Å². The molecule has 0 amide bonds. The Balaban J connectivity index is 1.51. The van der Waals surface area contributed by atoms with Gasteiger partial charge in [-0.05, 0) is 18.4 Å². The van der Waals surface area contributed by atoms with Crippen molar-refractivity contribution in [3.63, 3.8) is 0 Å². The van der Waals surface area contributed by atoms with Gasteiger partial charge in [-0.15, -0.1) is 0 Å². The van der Waals surface area contributed by atoms with Crippen LogP contribution in [-0.2, 0) is 11.3 Å². The second-order valence-electron chi connectivity index (χ2n) is 7.09. The van der Waals surface area contributed by atoms with Gasteiger partial charge in [-0.25, -0.2) is 0 Å². The molecule has 0 spiro atoms. The number of aromatic amines is 1. The van der Waals surface area contributed by atoms with Crippen molar-refractivity contribution in [2.24, 2.45) is 5.92 Å². The summed E-state index contributed by atoms with van der Waals surface area (Å²) in [7, 11) is 0. The fourth-order valence-corrected chi connectivity index (χ4v) is 3.69. The maximum Gasteiger partial charge on any atom is 0.304 e. The fraction of sp³-hybridized carbons (Fsp3) is 0.667. The lowest BCUT2D eigenvalue weighted by atomic mass is 9.84. The second kappa shape index (κ2) is 9.35. The van der Waals surface area contributed by atoms with Gasteiger partial charge in [-0.1, -0.05) is 50.1 Å². The van der Waals surface area contributed by atoms with Gasteiger partial charge in [0, 0.05) is 12.1 Å². The molecule has 1 aliphatic carbocycles. The summed E-state index contributed by atoms with van der Waals surface area (Å²) in [6, 6.07) is 1.81. The highest BCUT2D eigenvalue weighted by Crippen LogP contribution is 2.31. The highest BCUT2D eigenvalue weighted by Gasteiger charge is 2.23. The molecule has 142 valence electrons. The Hall–Kier alpha value is -2.38. The van der Waals surface area contributed by atoms with E-state index >= 15 is 0 Å². The van der Waals surface area contributed by atoms with E-state index in [1.54, 1.807) is 12.3 Å². The van der Waals surface area contributed by atoms with Gasteiger partial charge in [0.05, 0.1) is 13.0 Å². The van der Waals surface area contributed by atoms with Crippen molar-refractivity contribution in [2.45, 2.75) is 70.3 Å². The third-order valence-electron chi connectivity index (χ3n) is 5.07. The molecule has 1 aliphatic rings. The van der Waals surface area contributed by atoms with Crippen LogP contribution in [0.15, 0.2) is 16.8 Å². The zero-order valence-electron chi connectivity index (χ0n) is 15.0. The number of anilines is 1. The Bertz CT molecular complexity index is 664. The first-order valence-corrected chi connectivity index (χ1v) is 9.48. The van der Waals surface area contributed by atoms with E-state index in [0.29, 0.717) is 24.1 Å². The zero-order chi connectivity index (χ0) is 18.2. The summed E-state index contributed by atoms with van der Waals surface area (Å²) < 4.78 is 5.35. The Morgan fingerprint density at radius 2 is 2.23 bits per heavy atom. The van der Waals surface area contributed by atoms with E-state index in [1.807, 2.05) is 0 Å². The smallest absolute Gasteiger partial charge is 0.304 e. The Morgan fingerprint density at radius 1 is 1.38 bits per heavy atom. The van der Waals surface area contributed by atoms with Gasteiger partial charge in [0.2, 0.25) is 5.89 Å². The van der Waals surface area contributed by atoms with Crippen molar-refractivity contribution in [2.75, 3.05) is 5.32 Å². The first kappa shape index (κ1) is 18.4. The molecule has 0 radical (unpaired) electrons. The molecule has 0 aromatic carbocycles. The molecular weight excluding hydrogens is 334 g/mol. The Labute approximate surface area is 152 Å². The highest BCUT2D eigenvalue weighted by molar-refractivity contribution is 5.67. The fourth-order valence-electron chi connectivity index (χ4n) is 3.69. The van der Waals surface area contributed by atoms with Crippen molar-refractivity contribution in [1.29, 1.82) is 0 Å². The van der Waals surface area contributed by atoms with Gasteiger partial charge >= 0.3 is 5.97 Å². The van der Waals surface area contributed by atoms with Crippen LogP contribution in [0.5, 0.6) is 0 Å². The quantitative estimate of drug-likeness (QED) is 0.590. The third-order valence-corrected chi connectivity index (χ3v) is 5.07. The first-order chi connectivity index (χ1) is 12.7. The third kappa shape index (κ3) is 5.57. The van der Waals surface area contributed by atoms with Crippen LogP contribution >= 0.6 is 0 Å². The summed E-state index contributed by atoms with van der Waals surface area (Å²) in [5.74, 6) is 1.38. The van der Waals surface area contributed by atoms with E-state index in [0.717, 1.165) is 25.2 Å². The Morgan fingerprint density at radius 3 is 2.96 bits per heavy atom. The molecule has 26 heavy (non-hydrogen) atoms. The molecule has 0 aliphatic heterocycles. The number of hydrogen-bond donors (Lipinski definition) is 3. The standard InChI is InChI=1S/C18H27N5O3/c24-17(25)11-14(8-4-7-13-5-2-1-3-6-13)18-21-16(23-26-18)12-19-15-9-10-20-22-15/h9-10,13-14H,1-8,11-12H2,(H,24,25)(H2,19,20,22)/t14-/m1/s1. The highest BCUT2D eigenvalue weighted by atomic mass is 16.5. The largest absolute Gasteiger partial charge is 0.481 e. The molecule has 0 saturated heterocycles. The summed E-state index contributed by atoms with van der Waals surface area (Å²) in [6.45, 7) is 0.385. The number of rotatable bonds is 10. The molecule has 8 heteroatoms. The van der Waals surface area contributed by atoms with Crippen LogP contribution in [0.25, 0.3) is 0 Å². The SMILES string of the molecule is O=C(O)C[C@@H](CCCC1CCCCC1)c1nc(CNc2cc[nH]n2)no1. The van der Waals surface area contributed by atoms with Crippen molar-refractivity contribution in [3.8, 4) is 0 Å². The normalized spacial score (nSPS) is 16.5. The molecule has 1 fully saturated rings. The lowest BCUT2D eigenvalue weighted by Crippen LogP contribution is -2.10. The Kier molecular flexibility index (Phi) is 6.62. The maximum absolute atomic E-state index is 11.2. The number of carbonyl (C=O) groups is 1. The number of hydrogen-bond acceptors (Lipinski definition) is 6. The van der Waals surface area contributed by atoms with Gasteiger partial charge in [0.15, 0.2) is 5.82 Å². The molecule has 2 aromatic heterocycles. The van der Waals surface area contributed by atoms with Gasteiger partial charge in [0.1, 0.15) is 5.82 Å². The van der Waals surface area contributed by atoms with E-state index < -0.39 is 5.97 Å². The topological polar surface area (TPSA) is 117 Å². The minimum Gasteiger partial charge on any atom is -0.481 e. The lowest BCUT2D eigenvalue weighted by Gasteiger charge is -2.21. The monoisotopic (exact) mass is 361 g/mol. The zero-order valence-corrected chi connectivity index (χ0v) is 15.0. The van der Waals surface area contributed by atoms with E-state index in [-0.39, 0.29) is 12.3 Å². The van der Waals surface area contributed by atoms with Gasteiger partial charge in [0.25, 0.3) is 0 Å². The summed E-state index contributed by atoms with van der Waals surface area (Å²) >= 11 is 0. The van der Waals surface area contributed by atoms with Crippen LogP contribution < -0.4 is 5.32 Å². The van der Waals surface area contributed by atoms with Gasteiger partial charge in [-0.3, -0.25) is 9.89 Å². The number of nitrogens with zero attached hydrogens (tertiary/aromatic N) is 3. The molecule has 1 atom stereocenters. The van der Waals surface area contributed by atoms with Crippen LogP contribution in [0.3, 0.4) is 0 Å². The number of aliphatic carboxylic acids is 1. The predicted molar refractivity (Wildman–Crippen MR) is 95.6 cm³/mol. The first-order valence-electron chi connectivity index (χ1n) is 9.48. The molecule has 3 rings (SSSR count). The molecule has 2 heterocycles. The number of nitrogens with one attached hydrogen (secondary N) is 2. The van der Waals surface area contributed by atoms with Crippen LogP contribution in [0.1, 0.15) is 75.4 Å². The summed E-state index contributed by atoms with van der Waals surface area (Å²) in [4.78, 5) is 15.6. The molecule has 8 nitrogen and oxygen atoms in total. The molecule has 0 unspecified atom stereocenters. The summed E-state index contributed by atoms with van der Waals surface area (Å²) in [5.41, 5.74) is 0. The summed E-state index contributed by atoms with van der Waals surface area (Å²) in [5, 5.41) is 23.0. The number of H-pyrrole nitrogens is 1. The predicted octanol–water partition coefficient (Wildman–Crippen LogP) is 3.71. The molecular formula is C18H27N5O3. The lowest BCUT2D eigenvalue weighted by molar-refractivity contribution is -0.137. The van der Waals surface area contributed by atoms with Crippen molar-refractivity contribution < 1.29 is 14.4 Å². The number of carboxylic acid groups (broad SMARTS) is 1. The maximum atomic E-state index is 11.2. The average Bonchev–Trinajstić information content (AvgIpc) is 3.31. The van der Waals surface area contributed by atoms with E-state index in [1.165, 1.54) is 32.1 Å². The van der Waals surface area contributed by atoms with E-state index in [9.17, 15) is 9.90 Å². The van der Waals surface area contributed by atoms with E-state index in [4.69, 9.17) is 4.52 Å². The molecule has 2 aromatic rings. The van der Waals surface area contributed by atoms with Crippen molar-refractivity contribution >= 4 is 11.8 Å². The van der Waals surface area contributed by atoms with Crippen LogP contribution in [-0.4, -0.2) is 31.4 Å². The average molecular weight is 361 g/mol. The molecule has 3 N–H and O–H groups in total. The minimum atomic E-state index is -0.831. The van der Waals surface area contributed by atoms with Crippen molar-refractivity contribution in [1.82, 2.24) is 20.3 Å². The van der Waals surface area contributed by atoms with Crippen LogP contribution in [0.2, 0.25) is 0 Å². The molecule has 1 saturated carbocycles. The van der Waals surface area contributed by atoms with Crippen molar-refractivity contribution in [3.05, 3.63) is 24.0 Å². The van der Waals surface area contributed by atoms with Crippen LogP contribution in [0, 0.1) is 5.92 Å². The van der Waals surface area contributed by atoms with Gasteiger partial charge in [-0.2, -0.15) is 10.1 Å². The summed E-state index contributed by atoms with van der Waals surface area (Å²) in [6.07, 6.45) is 11.3. The second-order valence-corrected chi connectivity index (χ2v) is 7.09. The number of carboxylic acids is 1. The number of aromatic nitrogens is 4. The van der Waals surface area contributed by atoms with Gasteiger partial charge < -0.3 is 14.9 Å². The molecule has 0 bridgehead atoms. The van der Waals surface area contributed by atoms with Crippen LogP contribution in [0.4, 0.5) is 5.82 Å². The minimum absolute atomic E-state index is 0.0269.